The van der Waals surface area contributed by atoms with E-state index in [0.717, 1.165) is 42.9 Å². The number of allylic oxidation sites excluding steroid dienone is 1. The van der Waals surface area contributed by atoms with Crippen LogP contribution < -0.4 is 4.90 Å². The fraction of sp³-hybridized carbons (Fsp3) is 0.222. The van der Waals surface area contributed by atoms with Gasteiger partial charge in [0.25, 0.3) is 0 Å². The molecule has 2 heterocycles. The molecule has 0 unspecified atom stereocenters. The van der Waals surface area contributed by atoms with Gasteiger partial charge < -0.3 is 4.90 Å². The van der Waals surface area contributed by atoms with E-state index < -0.39 is 5.82 Å². The van der Waals surface area contributed by atoms with E-state index >= 15 is 0 Å². The zero-order valence-corrected chi connectivity index (χ0v) is 18.7. The minimum atomic E-state index is -0.571. The lowest BCUT2D eigenvalue weighted by Crippen LogP contribution is -2.33. The second kappa shape index (κ2) is 10.1. The molecule has 2 aromatic carbocycles. The minimum absolute atomic E-state index is 0.00411. The Morgan fingerprint density at radius 3 is 2.67 bits per heavy atom. The molecule has 166 valence electrons. The summed E-state index contributed by atoms with van der Waals surface area (Å²) in [7, 11) is 0. The highest BCUT2D eigenvalue weighted by Crippen LogP contribution is 2.30. The van der Waals surface area contributed by atoms with Crippen molar-refractivity contribution in [2.75, 3.05) is 18.0 Å². The van der Waals surface area contributed by atoms with Crippen LogP contribution >= 0.6 is 0 Å². The first kappa shape index (κ1) is 22.2. The molecular formula is C27H26FN5. The van der Waals surface area contributed by atoms with E-state index in [0.29, 0.717) is 17.2 Å². The number of likely N-dealkylation sites (tertiary alicyclic amines) is 1. The smallest absolute Gasteiger partial charge is 0.166 e. The number of halogens is 1. The Hall–Kier alpha value is -3.98. The van der Waals surface area contributed by atoms with Crippen LogP contribution in [-0.2, 0) is 0 Å². The first-order valence-electron chi connectivity index (χ1n) is 11.1. The highest BCUT2D eigenvalue weighted by Gasteiger charge is 2.31. The van der Waals surface area contributed by atoms with Crippen molar-refractivity contribution in [1.82, 2.24) is 4.90 Å². The first-order chi connectivity index (χ1) is 16.1. The number of aliphatic imine (C=N–C) groups is 2. The van der Waals surface area contributed by atoms with Gasteiger partial charge in [0, 0.05) is 36.7 Å². The van der Waals surface area contributed by atoms with Crippen molar-refractivity contribution >= 4 is 23.4 Å². The standard InChI is InChI=1S/C27H26FN5/c1-3-13-30-27-25(19-32-14-6-5-7-15-32)31-26(21-11-12-22(18-29)24(28)17-21)33(27)23-10-8-9-20(4-2)16-23/h3-4,8-13,16-17,19H,2,5-7,14-15H2,1H3/b13-3-,25-19-,30-27+. The number of hydrogen-bond donors (Lipinski definition) is 0. The molecule has 2 aliphatic rings. The molecule has 0 saturated carbocycles. The van der Waals surface area contributed by atoms with Crippen LogP contribution in [0.15, 0.2) is 83.2 Å². The van der Waals surface area contributed by atoms with E-state index in [2.05, 4.69) is 17.7 Å². The molecule has 0 spiro atoms. The second-order valence-corrected chi connectivity index (χ2v) is 7.92. The maximum absolute atomic E-state index is 14.5. The van der Waals surface area contributed by atoms with Gasteiger partial charge in [0.05, 0.1) is 5.56 Å². The zero-order valence-electron chi connectivity index (χ0n) is 18.7. The largest absolute Gasteiger partial charge is 0.376 e. The number of anilines is 1. The molecule has 0 bridgehead atoms. The first-order valence-corrected chi connectivity index (χ1v) is 11.1. The van der Waals surface area contributed by atoms with Gasteiger partial charge in [0.15, 0.2) is 5.84 Å². The van der Waals surface area contributed by atoms with Crippen molar-refractivity contribution < 1.29 is 4.39 Å². The SMILES string of the molecule is C=Cc1cccc(N2C(c3ccc(C#N)c(F)c3)=NC(=C\N3CCCCC3)/C2=N\C=C/C)c1. The fourth-order valence-corrected chi connectivity index (χ4v) is 3.98. The van der Waals surface area contributed by atoms with Gasteiger partial charge in [-0.1, -0.05) is 30.9 Å². The molecule has 0 amide bonds. The maximum atomic E-state index is 14.5. The van der Waals surface area contributed by atoms with Crippen LogP contribution in [0, 0.1) is 17.1 Å². The number of nitrogens with zero attached hydrogens (tertiary/aromatic N) is 5. The third-order valence-corrected chi connectivity index (χ3v) is 5.63. The Kier molecular flexibility index (Phi) is 6.80. The molecule has 6 heteroatoms. The molecule has 4 rings (SSSR count). The minimum Gasteiger partial charge on any atom is -0.376 e. The van der Waals surface area contributed by atoms with Crippen LogP contribution in [0.25, 0.3) is 6.08 Å². The molecule has 1 fully saturated rings. The Balaban J connectivity index is 1.89. The zero-order chi connectivity index (χ0) is 23.2. The Morgan fingerprint density at radius 1 is 1.15 bits per heavy atom. The maximum Gasteiger partial charge on any atom is 0.166 e. The van der Waals surface area contributed by atoms with Crippen LogP contribution in [0.1, 0.15) is 42.9 Å². The van der Waals surface area contributed by atoms with Gasteiger partial charge >= 0.3 is 0 Å². The van der Waals surface area contributed by atoms with Crippen LogP contribution in [0.3, 0.4) is 0 Å². The average Bonchev–Trinajstić information content (AvgIpc) is 3.21. The summed E-state index contributed by atoms with van der Waals surface area (Å²) in [5.74, 6) is 0.656. The number of amidine groups is 2. The van der Waals surface area contributed by atoms with E-state index in [1.807, 2.05) is 48.2 Å². The van der Waals surface area contributed by atoms with E-state index in [1.54, 1.807) is 18.3 Å². The summed E-state index contributed by atoms with van der Waals surface area (Å²) in [5, 5.41) is 9.14. The molecule has 2 aromatic rings. The van der Waals surface area contributed by atoms with E-state index in [-0.39, 0.29) is 5.56 Å². The molecule has 0 aliphatic carbocycles. The topological polar surface area (TPSA) is 55.0 Å². The van der Waals surface area contributed by atoms with Crippen molar-refractivity contribution in [3.05, 3.63) is 95.7 Å². The second-order valence-electron chi connectivity index (χ2n) is 7.92. The molecule has 33 heavy (non-hydrogen) atoms. The number of piperidine rings is 1. The third-order valence-electron chi connectivity index (χ3n) is 5.63. The van der Waals surface area contributed by atoms with Crippen molar-refractivity contribution in [2.24, 2.45) is 9.98 Å². The summed E-state index contributed by atoms with van der Waals surface area (Å²) in [4.78, 5) is 13.8. The Labute approximate surface area is 194 Å². The van der Waals surface area contributed by atoms with Gasteiger partial charge in [0.1, 0.15) is 23.4 Å². The molecule has 5 nitrogen and oxygen atoms in total. The highest BCUT2D eigenvalue weighted by molar-refractivity contribution is 6.34. The predicted molar refractivity (Wildman–Crippen MR) is 132 cm³/mol. The summed E-state index contributed by atoms with van der Waals surface area (Å²) in [6.07, 6.45) is 11.0. The van der Waals surface area contributed by atoms with Crippen LogP contribution in [-0.4, -0.2) is 29.7 Å². The molecule has 0 radical (unpaired) electrons. The Bertz CT molecular complexity index is 1210. The summed E-state index contributed by atoms with van der Waals surface area (Å²) in [6.45, 7) is 7.74. The molecule has 1 saturated heterocycles. The number of benzene rings is 2. The monoisotopic (exact) mass is 439 g/mol. The van der Waals surface area contributed by atoms with Gasteiger partial charge in [-0.3, -0.25) is 4.90 Å². The molecule has 0 atom stereocenters. The lowest BCUT2D eigenvalue weighted by atomic mass is 10.1. The van der Waals surface area contributed by atoms with Gasteiger partial charge in [-0.05, 0) is 62.1 Å². The van der Waals surface area contributed by atoms with E-state index in [4.69, 9.17) is 15.2 Å². The normalized spacial score (nSPS) is 18.8. The third kappa shape index (κ3) is 4.78. The van der Waals surface area contributed by atoms with Crippen molar-refractivity contribution in [1.29, 1.82) is 5.26 Å². The van der Waals surface area contributed by atoms with E-state index in [9.17, 15) is 4.39 Å². The summed E-state index contributed by atoms with van der Waals surface area (Å²) in [5.41, 5.74) is 3.10. The summed E-state index contributed by atoms with van der Waals surface area (Å²) < 4.78 is 14.5. The molecular weight excluding hydrogens is 413 g/mol. The van der Waals surface area contributed by atoms with Crippen LogP contribution in [0.4, 0.5) is 10.1 Å². The molecule has 0 aromatic heterocycles. The lowest BCUT2D eigenvalue weighted by molar-refractivity contribution is 0.308. The van der Waals surface area contributed by atoms with Crippen molar-refractivity contribution in [2.45, 2.75) is 26.2 Å². The van der Waals surface area contributed by atoms with E-state index in [1.165, 1.54) is 18.6 Å². The lowest BCUT2D eigenvalue weighted by Gasteiger charge is -2.26. The van der Waals surface area contributed by atoms with Gasteiger partial charge in [-0.25, -0.2) is 14.4 Å². The summed E-state index contributed by atoms with van der Waals surface area (Å²) >= 11 is 0. The number of rotatable bonds is 5. The van der Waals surface area contributed by atoms with Crippen molar-refractivity contribution in [3.63, 3.8) is 0 Å². The van der Waals surface area contributed by atoms with Gasteiger partial charge in [-0.15, -0.1) is 0 Å². The highest BCUT2D eigenvalue weighted by atomic mass is 19.1. The number of hydrogen-bond acceptors (Lipinski definition) is 4. The van der Waals surface area contributed by atoms with Gasteiger partial charge in [0.2, 0.25) is 0 Å². The van der Waals surface area contributed by atoms with Crippen LogP contribution in [0.5, 0.6) is 0 Å². The number of nitriles is 1. The average molecular weight is 440 g/mol. The van der Waals surface area contributed by atoms with Crippen LogP contribution in [0.2, 0.25) is 0 Å². The molecule has 2 aliphatic heterocycles. The molecule has 0 N–H and O–H groups in total. The fourth-order valence-electron chi connectivity index (χ4n) is 3.98. The van der Waals surface area contributed by atoms with Gasteiger partial charge in [-0.2, -0.15) is 5.26 Å². The predicted octanol–water partition coefficient (Wildman–Crippen LogP) is 5.87. The Morgan fingerprint density at radius 2 is 1.97 bits per heavy atom. The summed E-state index contributed by atoms with van der Waals surface area (Å²) in [6, 6.07) is 14.3. The quantitative estimate of drug-likeness (QED) is 0.586. The van der Waals surface area contributed by atoms with Crippen molar-refractivity contribution in [3.8, 4) is 6.07 Å².